The van der Waals surface area contributed by atoms with Crippen LogP contribution in [0.25, 0.3) is 10.9 Å². The van der Waals surface area contributed by atoms with Gasteiger partial charge < -0.3 is 15.1 Å². The second-order valence-electron chi connectivity index (χ2n) is 7.22. The summed E-state index contributed by atoms with van der Waals surface area (Å²) in [5.74, 6) is -0.196. The zero-order valence-corrected chi connectivity index (χ0v) is 17.3. The predicted molar refractivity (Wildman–Crippen MR) is 119 cm³/mol. The molecule has 2 heterocycles. The molecule has 1 aliphatic rings. The Bertz CT molecular complexity index is 1050. The van der Waals surface area contributed by atoms with Gasteiger partial charge in [-0.2, -0.15) is 0 Å². The lowest BCUT2D eigenvalue weighted by Gasteiger charge is -2.36. The van der Waals surface area contributed by atoms with Gasteiger partial charge in [-0.15, -0.1) is 0 Å². The van der Waals surface area contributed by atoms with Crippen LogP contribution in [-0.4, -0.2) is 54.4 Å². The number of rotatable bonds is 5. The molecule has 0 radical (unpaired) electrons. The third kappa shape index (κ3) is 4.54. The molecule has 30 heavy (non-hydrogen) atoms. The summed E-state index contributed by atoms with van der Waals surface area (Å²) in [4.78, 5) is 33.6. The van der Waals surface area contributed by atoms with E-state index in [4.69, 9.17) is 11.6 Å². The number of para-hydroxylation sites is 2. The van der Waals surface area contributed by atoms with E-state index in [9.17, 15) is 9.59 Å². The number of nitrogens with zero attached hydrogens (tertiary/aromatic N) is 3. The molecule has 2 aromatic carbocycles. The number of halogens is 1. The summed E-state index contributed by atoms with van der Waals surface area (Å²) in [5.41, 5.74) is 2.32. The summed E-state index contributed by atoms with van der Waals surface area (Å²) in [6, 6.07) is 19.1. The van der Waals surface area contributed by atoms with Crippen molar-refractivity contribution in [3.05, 3.63) is 71.4 Å². The molecular formula is C23H23ClN4O2. The number of aromatic nitrogens is 1. The van der Waals surface area contributed by atoms with Crippen molar-refractivity contribution in [3.63, 3.8) is 0 Å². The first-order chi connectivity index (χ1) is 14.6. The van der Waals surface area contributed by atoms with Crippen molar-refractivity contribution < 1.29 is 9.59 Å². The lowest BCUT2D eigenvalue weighted by Crippen LogP contribution is -2.49. The van der Waals surface area contributed by atoms with Crippen LogP contribution in [0.3, 0.4) is 0 Å². The fourth-order valence-corrected chi connectivity index (χ4v) is 3.92. The van der Waals surface area contributed by atoms with Gasteiger partial charge in [0.1, 0.15) is 5.15 Å². The van der Waals surface area contributed by atoms with E-state index in [0.717, 1.165) is 18.5 Å². The maximum absolute atomic E-state index is 12.6. The molecule has 0 bridgehead atoms. The quantitative estimate of drug-likeness (QED) is 0.640. The smallest absolute Gasteiger partial charge is 0.252 e. The maximum atomic E-state index is 12.6. The number of hydrogen-bond acceptors (Lipinski definition) is 4. The average Bonchev–Trinajstić information content (AvgIpc) is 2.79. The Hall–Kier alpha value is -3.12. The summed E-state index contributed by atoms with van der Waals surface area (Å²) < 4.78 is 0. The predicted octanol–water partition coefficient (Wildman–Crippen LogP) is 3.36. The number of pyridine rings is 1. The fourth-order valence-electron chi connectivity index (χ4n) is 3.72. The second kappa shape index (κ2) is 9.13. The molecule has 1 fully saturated rings. The molecule has 1 saturated heterocycles. The summed E-state index contributed by atoms with van der Waals surface area (Å²) in [6.07, 6.45) is 0.272. The first-order valence-electron chi connectivity index (χ1n) is 10.0. The number of carbonyl (C=O) groups excluding carboxylic acids is 2. The van der Waals surface area contributed by atoms with Crippen LogP contribution < -0.4 is 10.2 Å². The number of carbonyl (C=O) groups is 2. The van der Waals surface area contributed by atoms with Crippen LogP contribution in [0, 0.1) is 0 Å². The summed E-state index contributed by atoms with van der Waals surface area (Å²) in [7, 11) is 0. The van der Waals surface area contributed by atoms with E-state index in [2.05, 4.69) is 27.3 Å². The highest BCUT2D eigenvalue weighted by Crippen LogP contribution is 2.21. The standard InChI is InChI=1S/C23H23ClN4O2/c24-21-16-19(18-8-4-5-9-20(18)26-21)23(30)25-11-10-22(29)28-14-12-27(13-15-28)17-6-2-1-3-7-17/h1-9,16H,10-15H2,(H,25,30). The van der Waals surface area contributed by atoms with Crippen LogP contribution in [0.15, 0.2) is 60.7 Å². The first kappa shape index (κ1) is 20.2. The minimum Gasteiger partial charge on any atom is -0.368 e. The Balaban J connectivity index is 1.29. The van der Waals surface area contributed by atoms with Gasteiger partial charge in [0.25, 0.3) is 5.91 Å². The summed E-state index contributed by atoms with van der Waals surface area (Å²) in [6.45, 7) is 3.27. The number of anilines is 1. The Kier molecular flexibility index (Phi) is 6.14. The van der Waals surface area contributed by atoms with Gasteiger partial charge in [-0.05, 0) is 24.3 Å². The van der Waals surface area contributed by atoms with Gasteiger partial charge in [0.15, 0.2) is 0 Å². The van der Waals surface area contributed by atoms with Crippen molar-refractivity contribution in [3.8, 4) is 0 Å². The van der Waals surface area contributed by atoms with E-state index < -0.39 is 0 Å². The van der Waals surface area contributed by atoms with Crippen LogP contribution in [0.1, 0.15) is 16.8 Å². The van der Waals surface area contributed by atoms with Crippen LogP contribution >= 0.6 is 11.6 Å². The van der Waals surface area contributed by atoms with E-state index in [0.29, 0.717) is 24.2 Å². The van der Waals surface area contributed by atoms with Gasteiger partial charge >= 0.3 is 0 Å². The molecule has 0 spiro atoms. The van der Waals surface area contributed by atoms with E-state index in [1.807, 2.05) is 47.4 Å². The van der Waals surface area contributed by atoms with Crippen molar-refractivity contribution in [1.82, 2.24) is 15.2 Å². The largest absolute Gasteiger partial charge is 0.368 e. The van der Waals surface area contributed by atoms with Crippen molar-refractivity contribution >= 4 is 40.0 Å². The number of amides is 2. The van der Waals surface area contributed by atoms with Crippen LogP contribution in [0.4, 0.5) is 5.69 Å². The molecule has 1 N–H and O–H groups in total. The normalized spacial score (nSPS) is 14.0. The van der Waals surface area contributed by atoms with Crippen molar-refractivity contribution in [2.45, 2.75) is 6.42 Å². The minimum absolute atomic E-state index is 0.0561. The van der Waals surface area contributed by atoms with Gasteiger partial charge in [-0.1, -0.05) is 48.0 Å². The topological polar surface area (TPSA) is 65.5 Å². The highest BCUT2D eigenvalue weighted by atomic mass is 35.5. The molecule has 2 amide bonds. The van der Waals surface area contributed by atoms with E-state index >= 15 is 0 Å². The highest BCUT2D eigenvalue weighted by Gasteiger charge is 2.21. The van der Waals surface area contributed by atoms with E-state index in [-0.39, 0.29) is 29.9 Å². The molecule has 3 aromatic rings. The average molecular weight is 423 g/mol. The molecule has 154 valence electrons. The van der Waals surface area contributed by atoms with Gasteiger partial charge in [-0.25, -0.2) is 4.98 Å². The molecule has 0 aliphatic carbocycles. The Morgan fingerprint density at radius 1 is 0.967 bits per heavy atom. The number of piperazine rings is 1. The minimum atomic E-state index is -0.253. The fraction of sp³-hybridized carbons (Fsp3) is 0.261. The zero-order valence-electron chi connectivity index (χ0n) is 16.6. The summed E-state index contributed by atoms with van der Waals surface area (Å²) >= 11 is 6.05. The van der Waals surface area contributed by atoms with Crippen molar-refractivity contribution in [1.29, 1.82) is 0 Å². The highest BCUT2D eigenvalue weighted by molar-refractivity contribution is 6.30. The molecular weight excluding hydrogens is 400 g/mol. The molecule has 4 rings (SSSR count). The van der Waals surface area contributed by atoms with Crippen molar-refractivity contribution in [2.24, 2.45) is 0 Å². The van der Waals surface area contributed by atoms with Gasteiger partial charge in [-0.3, -0.25) is 9.59 Å². The lowest BCUT2D eigenvalue weighted by atomic mass is 10.1. The van der Waals surface area contributed by atoms with E-state index in [1.165, 1.54) is 5.69 Å². The molecule has 7 heteroatoms. The molecule has 1 aromatic heterocycles. The third-order valence-corrected chi connectivity index (χ3v) is 5.50. The number of hydrogen-bond donors (Lipinski definition) is 1. The Morgan fingerprint density at radius 3 is 2.43 bits per heavy atom. The SMILES string of the molecule is O=C(NCCC(=O)N1CCN(c2ccccc2)CC1)c1cc(Cl)nc2ccccc12. The Morgan fingerprint density at radius 2 is 1.67 bits per heavy atom. The van der Waals surface area contributed by atoms with Gasteiger partial charge in [0.05, 0.1) is 11.1 Å². The van der Waals surface area contributed by atoms with Crippen LogP contribution in [0.2, 0.25) is 5.15 Å². The van der Waals surface area contributed by atoms with Gasteiger partial charge in [0.2, 0.25) is 5.91 Å². The van der Waals surface area contributed by atoms with Crippen molar-refractivity contribution in [2.75, 3.05) is 37.6 Å². The molecule has 0 saturated carbocycles. The number of benzene rings is 2. The van der Waals surface area contributed by atoms with Gasteiger partial charge in [0, 0.05) is 50.2 Å². The molecule has 0 unspecified atom stereocenters. The van der Waals surface area contributed by atoms with Crippen LogP contribution in [-0.2, 0) is 4.79 Å². The number of fused-ring (bicyclic) bond motifs is 1. The Labute approximate surface area is 180 Å². The first-order valence-corrected chi connectivity index (χ1v) is 10.4. The second-order valence-corrected chi connectivity index (χ2v) is 7.61. The maximum Gasteiger partial charge on any atom is 0.252 e. The van der Waals surface area contributed by atoms with Crippen LogP contribution in [0.5, 0.6) is 0 Å². The third-order valence-electron chi connectivity index (χ3n) is 5.31. The lowest BCUT2D eigenvalue weighted by molar-refractivity contribution is -0.131. The number of nitrogens with one attached hydrogen (secondary N) is 1. The zero-order chi connectivity index (χ0) is 20.9. The molecule has 1 aliphatic heterocycles. The molecule has 6 nitrogen and oxygen atoms in total. The monoisotopic (exact) mass is 422 g/mol. The molecule has 0 atom stereocenters. The van der Waals surface area contributed by atoms with E-state index in [1.54, 1.807) is 6.07 Å². The summed E-state index contributed by atoms with van der Waals surface area (Å²) in [5, 5.41) is 3.85.